The molecular formula is C29H34ClN5O4S. The van der Waals surface area contributed by atoms with Gasteiger partial charge in [-0.3, -0.25) is 19.6 Å². The van der Waals surface area contributed by atoms with Crippen molar-refractivity contribution in [2.75, 3.05) is 47.4 Å². The molecule has 40 heavy (non-hydrogen) atoms. The Balaban J connectivity index is 1.45. The zero-order valence-corrected chi connectivity index (χ0v) is 24.1. The summed E-state index contributed by atoms with van der Waals surface area (Å²) in [6.07, 6.45) is 1.51. The summed E-state index contributed by atoms with van der Waals surface area (Å²) in [5.41, 5.74) is 2.88. The van der Waals surface area contributed by atoms with Crippen molar-refractivity contribution in [1.82, 2.24) is 10.2 Å². The van der Waals surface area contributed by atoms with Crippen LogP contribution in [-0.2, 0) is 26.0 Å². The summed E-state index contributed by atoms with van der Waals surface area (Å²) in [5.74, 6) is -0.337. The predicted molar refractivity (Wildman–Crippen MR) is 160 cm³/mol. The molecule has 1 aliphatic rings. The van der Waals surface area contributed by atoms with Crippen LogP contribution in [0, 0.1) is 0 Å². The van der Waals surface area contributed by atoms with E-state index in [9.17, 15) is 18.0 Å². The summed E-state index contributed by atoms with van der Waals surface area (Å²) in [5, 5.41) is 6.74. The van der Waals surface area contributed by atoms with E-state index in [1.54, 1.807) is 36.1 Å². The molecule has 3 aromatic carbocycles. The monoisotopic (exact) mass is 583 g/mol. The van der Waals surface area contributed by atoms with Crippen molar-refractivity contribution in [1.29, 1.82) is 0 Å². The first-order valence-corrected chi connectivity index (χ1v) is 15.3. The fraction of sp³-hybridized carbons (Fsp3) is 0.310. The highest BCUT2D eigenvalue weighted by molar-refractivity contribution is 7.92. The number of sulfonamides is 1. The molecule has 212 valence electrons. The summed E-state index contributed by atoms with van der Waals surface area (Å²) >= 11 is 6.06. The number of hydrogen-bond acceptors (Lipinski definition) is 6. The molecule has 0 saturated carbocycles. The van der Waals surface area contributed by atoms with Gasteiger partial charge in [-0.25, -0.2) is 8.42 Å². The van der Waals surface area contributed by atoms with Gasteiger partial charge in [-0.05, 0) is 55.3 Å². The normalized spacial score (nSPS) is 15.3. The van der Waals surface area contributed by atoms with Crippen molar-refractivity contribution in [2.24, 2.45) is 0 Å². The second-order valence-corrected chi connectivity index (χ2v) is 12.0. The van der Waals surface area contributed by atoms with E-state index in [1.807, 2.05) is 54.6 Å². The first-order valence-electron chi connectivity index (χ1n) is 13.1. The molecule has 0 bridgehead atoms. The average molecular weight is 584 g/mol. The summed E-state index contributed by atoms with van der Waals surface area (Å²) in [6, 6.07) is 22.5. The number of carbonyl (C=O) groups is 2. The van der Waals surface area contributed by atoms with E-state index < -0.39 is 22.1 Å². The fourth-order valence-corrected chi connectivity index (χ4v) is 5.34. The number of rotatable bonds is 10. The molecule has 0 aromatic heterocycles. The van der Waals surface area contributed by atoms with Gasteiger partial charge in [-0.1, -0.05) is 54.1 Å². The van der Waals surface area contributed by atoms with Gasteiger partial charge < -0.3 is 15.1 Å². The van der Waals surface area contributed by atoms with Crippen LogP contribution in [0.15, 0.2) is 78.9 Å². The number of carbonyl (C=O) groups excluding carboxylic acids is 2. The van der Waals surface area contributed by atoms with Gasteiger partial charge in [0, 0.05) is 36.9 Å². The van der Waals surface area contributed by atoms with Crippen molar-refractivity contribution in [3.05, 3.63) is 89.4 Å². The Morgan fingerprint density at radius 3 is 2.17 bits per heavy atom. The highest BCUT2D eigenvalue weighted by Crippen LogP contribution is 2.27. The lowest BCUT2D eigenvalue weighted by atomic mass is 10.0. The van der Waals surface area contributed by atoms with Crippen LogP contribution in [0.2, 0.25) is 5.02 Å². The number of anilines is 3. The molecule has 11 heteroatoms. The molecular weight excluding hydrogens is 550 g/mol. The molecule has 9 nitrogen and oxygen atoms in total. The van der Waals surface area contributed by atoms with Crippen molar-refractivity contribution in [3.63, 3.8) is 0 Å². The molecule has 1 aliphatic heterocycles. The summed E-state index contributed by atoms with van der Waals surface area (Å²) in [7, 11) is -3.44. The Labute approximate surface area is 240 Å². The third-order valence-electron chi connectivity index (χ3n) is 6.67. The van der Waals surface area contributed by atoms with E-state index >= 15 is 0 Å². The van der Waals surface area contributed by atoms with Crippen molar-refractivity contribution in [2.45, 2.75) is 25.4 Å². The minimum atomic E-state index is -3.44. The van der Waals surface area contributed by atoms with Gasteiger partial charge in [0.15, 0.2) is 0 Å². The minimum Gasteiger partial charge on any atom is -0.366 e. The Bertz CT molecular complexity index is 1410. The van der Waals surface area contributed by atoms with E-state index in [4.69, 9.17) is 11.6 Å². The summed E-state index contributed by atoms with van der Waals surface area (Å²) in [4.78, 5) is 30.5. The lowest BCUT2D eigenvalue weighted by Gasteiger charge is -2.38. The smallest absolute Gasteiger partial charge is 0.241 e. The van der Waals surface area contributed by atoms with E-state index in [2.05, 4.69) is 20.3 Å². The topological polar surface area (TPSA) is 111 Å². The molecule has 0 aliphatic carbocycles. The maximum atomic E-state index is 13.8. The molecule has 4 rings (SSSR count). The molecule has 2 atom stereocenters. The number of nitrogens with one attached hydrogen (secondary N) is 3. The maximum Gasteiger partial charge on any atom is 0.241 e. The Morgan fingerprint density at radius 2 is 1.52 bits per heavy atom. The Hall–Kier alpha value is -3.60. The minimum absolute atomic E-state index is 0.100. The van der Waals surface area contributed by atoms with E-state index in [0.29, 0.717) is 49.0 Å². The van der Waals surface area contributed by atoms with Gasteiger partial charge in [0.05, 0.1) is 29.7 Å². The second-order valence-electron chi connectivity index (χ2n) is 9.83. The molecule has 2 amide bonds. The third-order valence-corrected chi connectivity index (χ3v) is 7.51. The van der Waals surface area contributed by atoms with Crippen LogP contribution in [0.3, 0.4) is 0 Å². The molecule has 3 N–H and O–H groups in total. The number of amides is 2. The lowest BCUT2D eigenvalue weighted by molar-refractivity contribution is -0.134. The summed E-state index contributed by atoms with van der Waals surface area (Å²) in [6.45, 7) is 3.72. The highest BCUT2D eigenvalue weighted by atomic mass is 35.5. The Morgan fingerprint density at radius 1 is 0.900 bits per heavy atom. The van der Waals surface area contributed by atoms with Gasteiger partial charge in [0.1, 0.15) is 0 Å². The van der Waals surface area contributed by atoms with Crippen LogP contribution in [0.4, 0.5) is 17.1 Å². The third kappa shape index (κ3) is 8.20. The van der Waals surface area contributed by atoms with E-state index in [0.717, 1.165) is 17.5 Å². The predicted octanol–water partition coefficient (Wildman–Crippen LogP) is 3.59. The first-order chi connectivity index (χ1) is 19.1. The van der Waals surface area contributed by atoms with Crippen molar-refractivity contribution < 1.29 is 18.0 Å². The Kier molecular flexibility index (Phi) is 9.67. The van der Waals surface area contributed by atoms with E-state index in [-0.39, 0.29) is 11.8 Å². The molecule has 1 heterocycles. The first kappa shape index (κ1) is 29.4. The van der Waals surface area contributed by atoms with Crippen LogP contribution in [0.25, 0.3) is 0 Å². The van der Waals surface area contributed by atoms with Crippen LogP contribution < -0.4 is 20.3 Å². The average Bonchev–Trinajstić information content (AvgIpc) is 2.93. The van der Waals surface area contributed by atoms with Gasteiger partial charge in [0.2, 0.25) is 21.8 Å². The lowest BCUT2D eigenvalue weighted by Crippen LogP contribution is -2.57. The van der Waals surface area contributed by atoms with Gasteiger partial charge in [0.25, 0.3) is 0 Å². The molecule has 2 unspecified atom stereocenters. The van der Waals surface area contributed by atoms with Gasteiger partial charge in [-0.15, -0.1) is 0 Å². The fourth-order valence-electron chi connectivity index (χ4n) is 4.65. The van der Waals surface area contributed by atoms with E-state index in [1.165, 1.54) is 0 Å². The number of nitrogens with zero attached hydrogens (tertiary/aromatic N) is 2. The summed E-state index contributed by atoms with van der Waals surface area (Å²) < 4.78 is 26.2. The highest BCUT2D eigenvalue weighted by Gasteiger charge is 2.30. The van der Waals surface area contributed by atoms with Crippen molar-refractivity contribution in [3.8, 4) is 0 Å². The van der Waals surface area contributed by atoms with Gasteiger partial charge in [-0.2, -0.15) is 0 Å². The zero-order chi connectivity index (χ0) is 28.7. The quantitative estimate of drug-likeness (QED) is 0.336. The SMILES string of the molecule is CC(NC(Cc1ccc(Cl)cc1)C(=O)N1CCN(c2ccccc2NS(C)(=O)=O)CC1)C(=O)Nc1ccccc1. The van der Waals surface area contributed by atoms with Crippen LogP contribution in [0.5, 0.6) is 0 Å². The van der Waals surface area contributed by atoms with Crippen LogP contribution in [-0.4, -0.2) is 69.7 Å². The second kappa shape index (κ2) is 13.2. The molecule has 0 spiro atoms. The molecule has 0 radical (unpaired) electrons. The number of para-hydroxylation sites is 3. The molecule has 3 aromatic rings. The largest absolute Gasteiger partial charge is 0.366 e. The van der Waals surface area contributed by atoms with Crippen molar-refractivity contribution >= 4 is 50.5 Å². The molecule has 1 fully saturated rings. The number of hydrogen-bond donors (Lipinski definition) is 3. The number of halogens is 1. The van der Waals surface area contributed by atoms with Crippen LogP contribution >= 0.6 is 11.6 Å². The van der Waals surface area contributed by atoms with Crippen LogP contribution in [0.1, 0.15) is 12.5 Å². The molecule has 1 saturated heterocycles. The standard InChI is InChI=1S/C29H34ClN5O4S/c1-21(28(36)32-24-8-4-3-5-9-24)31-26(20-22-12-14-23(30)15-13-22)29(37)35-18-16-34(17-19-35)27-11-7-6-10-25(27)33-40(2,38)39/h3-15,21,26,31,33H,16-20H2,1-2H3,(H,32,36). The zero-order valence-electron chi connectivity index (χ0n) is 22.5. The van der Waals surface area contributed by atoms with Gasteiger partial charge >= 0.3 is 0 Å². The maximum absolute atomic E-state index is 13.8. The number of piperazine rings is 1. The number of benzene rings is 3.